The molecule has 0 amide bonds. The lowest BCUT2D eigenvalue weighted by Crippen LogP contribution is -2.07. The maximum Gasteiger partial charge on any atom is 0.311 e. The van der Waals surface area contributed by atoms with Gasteiger partial charge in [0.05, 0.1) is 30.5 Å². The number of carbonyl (C=O) groups excluding carboxylic acids is 1. The number of fused-ring (bicyclic) bond motifs is 1. The molecule has 0 atom stereocenters. The third-order valence-corrected chi connectivity index (χ3v) is 4.17. The molecule has 0 unspecified atom stereocenters. The second-order valence-corrected chi connectivity index (χ2v) is 6.05. The van der Waals surface area contributed by atoms with Crippen LogP contribution in [-0.4, -0.2) is 34.0 Å². The van der Waals surface area contributed by atoms with E-state index in [0.29, 0.717) is 22.6 Å². The van der Waals surface area contributed by atoms with Crippen molar-refractivity contribution in [3.63, 3.8) is 0 Å². The molecule has 3 aromatic rings. The molecule has 0 aliphatic heterocycles. The summed E-state index contributed by atoms with van der Waals surface area (Å²) < 4.78 is 4.89. The topological polar surface area (TPSA) is 92.3 Å². The Morgan fingerprint density at radius 2 is 2.42 bits per heavy atom. The Morgan fingerprint density at radius 3 is 3.25 bits per heavy atom. The molecule has 0 saturated heterocycles. The third kappa shape index (κ3) is 3.90. The molecule has 0 fully saturated rings. The molecule has 2 heterocycles. The first-order valence-electron chi connectivity index (χ1n) is 7.18. The fraction of sp³-hybridized carbons (Fsp3) is 0.200. The van der Waals surface area contributed by atoms with Crippen LogP contribution < -0.4 is 5.43 Å². The first-order valence-corrected chi connectivity index (χ1v) is 8.44. The van der Waals surface area contributed by atoms with Gasteiger partial charge in [-0.05, 0) is 24.6 Å². The number of benzene rings is 1. The molecule has 0 radical (unpaired) electrons. The van der Waals surface area contributed by atoms with Gasteiger partial charge >= 0.3 is 5.97 Å². The average Bonchev–Trinajstić information content (AvgIpc) is 3.15. The van der Waals surface area contributed by atoms with Crippen molar-refractivity contribution in [1.29, 1.82) is 0 Å². The van der Waals surface area contributed by atoms with Crippen LogP contribution in [0.4, 0.5) is 5.13 Å². The van der Waals surface area contributed by atoms with Crippen molar-refractivity contribution in [2.75, 3.05) is 12.0 Å². The van der Waals surface area contributed by atoms with Crippen molar-refractivity contribution in [1.82, 2.24) is 15.2 Å². The smallest absolute Gasteiger partial charge is 0.311 e. The van der Waals surface area contributed by atoms with Crippen LogP contribution in [0, 0.1) is 0 Å². The summed E-state index contributed by atoms with van der Waals surface area (Å²) in [4.78, 5) is 15.7. The van der Waals surface area contributed by atoms with Gasteiger partial charge in [-0.15, -0.1) is 11.3 Å². The summed E-state index contributed by atoms with van der Waals surface area (Å²) in [6.07, 6.45) is 1.82. The van der Waals surface area contributed by atoms with Gasteiger partial charge in [-0.2, -0.15) is 10.2 Å². The van der Waals surface area contributed by atoms with Gasteiger partial charge in [-0.1, -0.05) is 17.7 Å². The highest BCUT2D eigenvalue weighted by molar-refractivity contribution is 7.13. The number of aromatic nitrogens is 3. The standard InChI is InChI=1S/C15H14ClN5O2S/c1-2-23-13(22)6-10-8-24-15(18-10)21-17-7-9-3-4-12-11(5-9)14(16)20-19-12/h3-5,7-8H,2,6H2,1H3,(H,18,21)(H,19,20). The number of hydrogen-bond donors (Lipinski definition) is 2. The molecule has 0 spiro atoms. The number of ether oxygens (including phenoxy) is 1. The molecule has 0 aliphatic rings. The van der Waals surface area contributed by atoms with Crippen molar-refractivity contribution in [2.24, 2.45) is 5.10 Å². The van der Waals surface area contributed by atoms with Crippen molar-refractivity contribution in [2.45, 2.75) is 13.3 Å². The summed E-state index contributed by atoms with van der Waals surface area (Å²) in [5.74, 6) is -0.289. The van der Waals surface area contributed by atoms with Crippen LogP contribution in [0.5, 0.6) is 0 Å². The molecule has 9 heteroatoms. The third-order valence-electron chi connectivity index (χ3n) is 3.09. The Labute approximate surface area is 146 Å². The normalized spacial score (nSPS) is 11.2. The second-order valence-electron chi connectivity index (χ2n) is 4.81. The Balaban J connectivity index is 1.62. The summed E-state index contributed by atoms with van der Waals surface area (Å²) >= 11 is 7.39. The average molecular weight is 364 g/mol. The fourth-order valence-corrected chi connectivity index (χ4v) is 2.89. The van der Waals surface area contributed by atoms with Gasteiger partial charge in [0.1, 0.15) is 5.15 Å². The number of hydrazone groups is 1. The number of H-pyrrole nitrogens is 1. The number of anilines is 1. The van der Waals surface area contributed by atoms with E-state index in [4.69, 9.17) is 16.3 Å². The summed E-state index contributed by atoms with van der Waals surface area (Å²) in [6.45, 7) is 2.14. The van der Waals surface area contributed by atoms with Gasteiger partial charge in [0.25, 0.3) is 0 Å². The molecule has 124 valence electrons. The van der Waals surface area contributed by atoms with Crippen LogP contribution in [0.25, 0.3) is 10.9 Å². The number of hydrogen-bond acceptors (Lipinski definition) is 7. The van der Waals surface area contributed by atoms with Crippen molar-refractivity contribution in [3.8, 4) is 0 Å². The fourth-order valence-electron chi connectivity index (χ4n) is 2.04. The van der Waals surface area contributed by atoms with Crippen LogP contribution in [-0.2, 0) is 16.0 Å². The van der Waals surface area contributed by atoms with Crippen LogP contribution >= 0.6 is 22.9 Å². The maximum atomic E-state index is 11.4. The van der Waals surface area contributed by atoms with Crippen LogP contribution in [0.15, 0.2) is 28.7 Å². The zero-order valence-electron chi connectivity index (χ0n) is 12.7. The minimum absolute atomic E-state index is 0.158. The maximum absolute atomic E-state index is 11.4. The molecule has 7 nitrogen and oxygen atoms in total. The minimum atomic E-state index is -0.289. The number of nitrogens with one attached hydrogen (secondary N) is 2. The van der Waals surface area contributed by atoms with Crippen molar-refractivity contribution < 1.29 is 9.53 Å². The van der Waals surface area contributed by atoms with E-state index in [9.17, 15) is 4.79 Å². The molecular formula is C15H14ClN5O2S. The Morgan fingerprint density at radius 1 is 1.54 bits per heavy atom. The summed E-state index contributed by atoms with van der Waals surface area (Å²) in [7, 11) is 0. The molecule has 3 rings (SSSR count). The Bertz CT molecular complexity index is 889. The lowest BCUT2D eigenvalue weighted by atomic mass is 10.2. The van der Waals surface area contributed by atoms with Gasteiger partial charge < -0.3 is 4.74 Å². The first kappa shape index (κ1) is 16.4. The number of carbonyl (C=O) groups is 1. The predicted octanol–water partition coefficient (Wildman–Crippen LogP) is 3.22. The van der Waals surface area contributed by atoms with E-state index in [1.807, 2.05) is 18.2 Å². The summed E-state index contributed by atoms with van der Waals surface area (Å²) in [5, 5.41) is 14.7. The quantitative estimate of drug-likeness (QED) is 0.398. The molecule has 0 bridgehead atoms. The highest BCUT2D eigenvalue weighted by atomic mass is 35.5. The van der Waals surface area contributed by atoms with Gasteiger partial charge in [-0.3, -0.25) is 15.3 Å². The van der Waals surface area contributed by atoms with Gasteiger partial charge in [-0.25, -0.2) is 4.98 Å². The van der Waals surface area contributed by atoms with E-state index >= 15 is 0 Å². The Kier molecular flexibility index (Phi) is 5.07. The molecule has 0 saturated carbocycles. The van der Waals surface area contributed by atoms with E-state index in [1.54, 1.807) is 18.5 Å². The van der Waals surface area contributed by atoms with E-state index in [1.165, 1.54) is 11.3 Å². The van der Waals surface area contributed by atoms with Crippen molar-refractivity contribution in [3.05, 3.63) is 40.0 Å². The molecule has 1 aromatic carbocycles. The van der Waals surface area contributed by atoms with E-state index in [0.717, 1.165) is 16.5 Å². The van der Waals surface area contributed by atoms with Crippen LogP contribution in [0.3, 0.4) is 0 Å². The highest BCUT2D eigenvalue weighted by Gasteiger charge is 2.08. The number of thiazole rings is 1. The number of halogens is 1. The second kappa shape index (κ2) is 7.41. The van der Waals surface area contributed by atoms with Gasteiger partial charge in [0.15, 0.2) is 0 Å². The minimum Gasteiger partial charge on any atom is -0.466 e. The SMILES string of the molecule is CCOC(=O)Cc1csc(NN=Cc2ccc3n[nH]c(Cl)c3c2)n1. The van der Waals surface area contributed by atoms with Gasteiger partial charge in [0.2, 0.25) is 5.13 Å². The zero-order chi connectivity index (χ0) is 16.9. The predicted molar refractivity (Wildman–Crippen MR) is 94.8 cm³/mol. The highest BCUT2D eigenvalue weighted by Crippen LogP contribution is 2.21. The molecule has 2 aromatic heterocycles. The Hall–Kier alpha value is -2.45. The van der Waals surface area contributed by atoms with E-state index < -0.39 is 0 Å². The van der Waals surface area contributed by atoms with Gasteiger partial charge in [0, 0.05) is 10.8 Å². The number of aromatic amines is 1. The monoisotopic (exact) mass is 363 g/mol. The van der Waals surface area contributed by atoms with Crippen LogP contribution in [0.2, 0.25) is 5.15 Å². The lowest BCUT2D eigenvalue weighted by molar-refractivity contribution is -0.142. The van der Waals surface area contributed by atoms with E-state index in [-0.39, 0.29) is 12.4 Å². The van der Waals surface area contributed by atoms with E-state index in [2.05, 4.69) is 25.7 Å². The molecule has 24 heavy (non-hydrogen) atoms. The largest absolute Gasteiger partial charge is 0.466 e. The first-order chi connectivity index (χ1) is 11.7. The summed E-state index contributed by atoms with van der Waals surface area (Å²) in [6, 6.07) is 5.64. The molecule has 2 N–H and O–H groups in total. The van der Waals surface area contributed by atoms with Crippen LogP contribution in [0.1, 0.15) is 18.2 Å². The molecular weight excluding hydrogens is 350 g/mol. The summed E-state index contributed by atoms with van der Waals surface area (Å²) in [5.41, 5.74) is 5.18. The zero-order valence-corrected chi connectivity index (χ0v) is 14.3. The lowest BCUT2D eigenvalue weighted by Gasteiger charge is -1.98. The molecule has 0 aliphatic carbocycles. The van der Waals surface area contributed by atoms with Crippen molar-refractivity contribution >= 4 is 51.2 Å². The number of esters is 1. The number of rotatable bonds is 6. The number of nitrogens with zero attached hydrogens (tertiary/aromatic N) is 3.